The van der Waals surface area contributed by atoms with Gasteiger partial charge in [0, 0.05) is 36.6 Å². The van der Waals surface area contributed by atoms with Crippen LogP contribution in [0.3, 0.4) is 0 Å². The van der Waals surface area contributed by atoms with E-state index in [-0.39, 0.29) is 5.91 Å². The number of thiophene rings is 1. The van der Waals surface area contributed by atoms with Gasteiger partial charge in [0.05, 0.1) is 6.54 Å². The molecule has 1 saturated heterocycles. The molecular formula is C17H27N3OS. The summed E-state index contributed by atoms with van der Waals surface area (Å²) in [5.74, 6) is 0.168. The maximum Gasteiger partial charge on any atom is 0.234 e. The lowest BCUT2D eigenvalue weighted by molar-refractivity contribution is -0.123. The Balaban J connectivity index is 1.37. The zero-order chi connectivity index (χ0) is 15.5. The van der Waals surface area contributed by atoms with Crippen LogP contribution in [-0.2, 0) is 11.3 Å². The van der Waals surface area contributed by atoms with E-state index in [4.69, 9.17) is 0 Å². The summed E-state index contributed by atoms with van der Waals surface area (Å²) in [5, 5.41) is 5.34. The number of aryl methyl sites for hydroxylation is 1. The van der Waals surface area contributed by atoms with Crippen molar-refractivity contribution < 1.29 is 4.79 Å². The molecule has 5 heteroatoms. The number of rotatable bonds is 6. The van der Waals surface area contributed by atoms with E-state index in [0.29, 0.717) is 12.6 Å². The van der Waals surface area contributed by atoms with Crippen LogP contribution < -0.4 is 5.32 Å². The molecule has 2 fully saturated rings. The van der Waals surface area contributed by atoms with Gasteiger partial charge in [-0.1, -0.05) is 0 Å². The Labute approximate surface area is 137 Å². The van der Waals surface area contributed by atoms with Gasteiger partial charge in [-0.2, -0.15) is 0 Å². The molecule has 0 bridgehead atoms. The lowest BCUT2D eigenvalue weighted by Crippen LogP contribution is -2.47. The predicted octanol–water partition coefficient (Wildman–Crippen LogP) is 2.23. The minimum atomic E-state index is 0.168. The number of likely N-dealkylation sites (tertiary alicyclic amines) is 1. The highest BCUT2D eigenvalue weighted by molar-refractivity contribution is 7.10. The fourth-order valence-electron chi connectivity index (χ4n) is 3.23. The molecule has 3 rings (SSSR count). The van der Waals surface area contributed by atoms with Gasteiger partial charge in [0.1, 0.15) is 0 Å². The average Bonchev–Trinajstić information content (AvgIpc) is 3.25. The van der Waals surface area contributed by atoms with Crippen LogP contribution in [0.2, 0.25) is 0 Å². The predicted molar refractivity (Wildman–Crippen MR) is 91.1 cm³/mol. The molecule has 0 aromatic carbocycles. The van der Waals surface area contributed by atoms with Crippen molar-refractivity contribution in [3.8, 4) is 0 Å². The van der Waals surface area contributed by atoms with Gasteiger partial charge < -0.3 is 10.2 Å². The normalized spacial score (nSPS) is 20.5. The second kappa shape index (κ2) is 7.11. The molecule has 1 N–H and O–H groups in total. The molecule has 0 unspecified atom stereocenters. The number of amides is 1. The van der Waals surface area contributed by atoms with E-state index in [2.05, 4.69) is 33.5 Å². The maximum absolute atomic E-state index is 12.2. The summed E-state index contributed by atoms with van der Waals surface area (Å²) >= 11 is 1.77. The lowest BCUT2D eigenvalue weighted by atomic mass is 10.0. The fourth-order valence-corrected chi connectivity index (χ4v) is 4.22. The van der Waals surface area contributed by atoms with Crippen LogP contribution in [0, 0.1) is 6.92 Å². The number of carbonyl (C=O) groups excluding carboxylic acids is 1. The van der Waals surface area contributed by atoms with Gasteiger partial charge in [0.25, 0.3) is 0 Å². The van der Waals surface area contributed by atoms with E-state index in [1.165, 1.54) is 23.3 Å². The largest absolute Gasteiger partial charge is 0.352 e. The van der Waals surface area contributed by atoms with Gasteiger partial charge in [-0.25, -0.2) is 0 Å². The Morgan fingerprint density at radius 2 is 2.09 bits per heavy atom. The topological polar surface area (TPSA) is 35.6 Å². The molecule has 122 valence electrons. The molecule has 1 aromatic heterocycles. The van der Waals surface area contributed by atoms with Crippen LogP contribution in [0.25, 0.3) is 0 Å². The second-order valence-electron chi connectivity index (χ2n) is 6.81. The molecule has 0 radical (unpaired) electrons. The molecular weight excluding hydrogens is 294 g/mol. The third-order valence-corrected chi connectivity index (χ3v) is 5.76. The Morgan fingerprint density at radius 1 is 1.36 bits per heavy atom. The van der Waals surface area contributed by atoms with Gasteiger partial charge in [-0.15, -0.1) is 11.3 Å². The minimum Gasteiger partial charge on any atom is -0.352 e. The van der Waals surface area contributed by atoms with E-state index in [1.807, 2.05) is 7.05 Å². The summed E-state index contributed by atoms with van der Waals surface area (Å²) in [4.78, 5) is 18.3. The number of piperidine rings is 1. The fraction of sp³-hybridized carbons (Fsp3) is 0.706. The number of carbonyl (C=O) groups is 1. The van der Waals surface area contributed by atoms with Crippen molar-refractivity contribution in [2.75, 3.05) is 26.7 Å². The van der Waals surface area contributed by atoms with Crippen LogP contribution in [0.5, 0.6) is 0 Å². The number of nitrogens with zero attached hydrogens (tertiary/aromatic N) is 2. The smallest absolute Gasteiger partial charge is 0.234 e. The summed E-state index contributed by atoms with van der Waals surface area (Å²) in [7, 11) is 2.02. The molecule has 1 amide bonds. The van der Waals surface area contributed by atoms with Crippen molar-refractivity contribution in [1.82, 2.24) is 15.1 Å². The van der Waals surface area contributed by atoms with Crippen molar-refractivity contribution in [3.63, 3.8) is 0 Å². The summed E-state index contributed by atoms with van der Waals surface area (Å²) in [5.41, 5.74) is 1.32. The zero-order valence-electron chi connectivity index (χ0n) is 13.7. The van der Waals surface area contributed by atoms with Crippen molar-refractivity contribution in [2.45, 2.75) is 51.2 Å². The molecule has 1 aromatic rings. The van der Waals surface area contributed by atoms with E-state index < -0.39 is 0 Å². The molecule has 1 aliphatic carbocycles. The van der Waals surface area contributed by atoms with Crippen molar-refractivity contribution in [3.05, 3.63) is 21.9 Å². The van der Waals surface area contributed by atoms with E-state index in [0.717, 1.165) is 38.5 Å². The number of likely N-dealkylation sites (N-methyl/N-ethyl adjacent to an activating group) is 1. The second-order valence-corrected chi connectivity index (χ2v) is 7.81. The van der Waals surface area contributed by atoms with Gasteiger partial charge in [-0.3, -0.25) is 9.69 Å². The van der Waals surface area contributed by atoms with Gasteiger partial charge in [-0.05, 0) is 56.7 Å². The highest BCUT2D eigenvalue weighted by Gasteiger charge is 2.32. The highest BCUT2D eigenvalue weighted by atomic mass is 32.1. The Hall–Kier alpha value is -0.910. The Morgan fingerprint density at radius 3 is 2.68 bits per heavy atom. The molecule has 0 spiro atoms. The molecule has 1 saturated carbocycles. The summed E-state index contributed by atoms with van der Waals surface area (Å²) in [6.07, 6.45) is 4.97. The summed E-state index contributed by atoms with van der Waals surface area (Å²) < 4.78 is 0. The number of hydrogen-bond acceptors (Lipinski definition) is 4. The monoisotopic (exact) mass is 321 g/mol. The standard InChI is InChI=1S/C17H27N3OS/c1-13-7-10-22-16(13)11-19(2)12-17(21)18-14-5-8-20(9-6-14)15-3-4-15/h7,10,14-15H,3-6,8-9,11-12H2,1-2H3,(H,18,21). The molecule has 0 atom stereocenters. The molecule has 2 aliphatic rings. The first-order valence-corrected chi connectivity index (χ1v) is 9.24. The van der Waals surface area contributed by atoms with E-state index in [9.17, 15) is 4.79 Å². The number of nitrogens with one attached hydrogen (secondary N) is 1. The van der Waals surface area contributed by atoms with Crippen LogP contribution in [0.4, 0.5) is 0 Å². The van der Waals surface area contributed by atoms with Crippen molar-refractivity contribution >= 4 is 17.2 Å². The highest BCUT2D eigenvalue weighted by Crippen LogP contribution is 2.29. The minimum absolute atomic E-state index is 0.168. The average molecular weight is 321 g/mol. The van der Waals surface area contributed by atoms with Crippen LogP contribution in [-0.4, -0.2) is 54.5 Å². The summed E-state index contributed by atoms with van der Waals surface area (Å²) in [6, 6.07) is 3.37. The molecule has 22 heavy (non-hydrogen) atoms. The quantitative estimate of drug-likeness (QED) is 0.873. The third-order valence-electron chi connectivity index (χ3n) is 4.75. The van der Waals surface area contributed by atoms with Gasteiger partial charge in [0.2, 0.25) is 5.91 Å². The first kappa shape index (κ1) is 16.0. The first-order chi connectivity index (χ1) is 10.6. The molecule has 2 heterocycles. The van der Waals surface area contributed by atoms with E-state index >= 15 is 0 Å². The summed E-state index contributed by atoms with van der Waals surface area (Å²) in [6.45, 7) is 5.78. The van der Waals surface area contributed by atoms with Gasteiger partial charge >= 0.3 is 0 Å². The van der Waals surface area contributed by atoms with Crippen molar-refractivity contribution in [2.24, 2.45) is 0 Å². The van der Waals surface area contributed by atoms with E-state index in [1.54, 1.807) is 11.3 Å². The van der Waals surface area contributed by atoms with Crippen LogP contribution in [0.15, 0.2) is 11.4 Å². The first-order valence-electron chi connectivity index (χ1n) is 8.37. The lowest BCUT2D eigenvalue weighted by Gasteiger charge is -2.32. The third kappa shape index (κ3) is 4.31. The zero-order valence-corrected chi connectivity index (χ0v) is 14.5. The Bertz CT molecular complexity index is 504. The Kier molecular flexibility index (Phi) is 5.16. The maximum atomic E-state index is 12.2. The number of hydrogen-bond donors (Lipinski definition) is 1. The SMILES string of the molecule is Cc1ccsc1CN(C)CC(=O)NC1CCN(C2CC2)CC1. The van der Waals surface area contributed by atoms with Gasteiger partial charge in [0.15, 0.2) is 0 Å². The van der Waals surface area contributed by atoms with Crippen LogP contribution >= 0.6 is 11.3 Å². The molecule has 4 nitrogen and oxygen atoms in total. The molecule has 1 aliphatic heterocycles. The van der Waals surface area contributed by atoms with Crippen LogP contribution in [0.1, 0.15) is 36.1 Å². The van der Waals surface area contributed by atoms with Crippen molar-refractivity contribution in [1.29, 1.82) is 0 Å².